The molecule has 1 unspecified atom stereocenters. The largest absolute Gasteiger partial charge is 0.328 e. The Hall–Kier alpha value is 0.650. The minimum atomic E-state index is 0.251. The molecule has 0 fully saturated rings. The summed E-state index contributed by atoms with van der Waals surface area (Å²) in [5.41, 5.74) is 5.26. The summed E-state index contributed by atoms with van der Waals surface area (Å²) in [6.45, 7) is 2.68. The summed E-state index contributed by atoms with van der Waals surface area (Å²) in [7, 11) is 0. The lowest BCUT2D eigenvalue weighted by Crippen LogP contribution is -2.18. The van der Waals surface area contributed by atoms with E-state index < -0.39 is 0 Å². The fraction of sp³-hybridized carbons (Fsp3) is 1.00. The highest BCUT2D eigenvalue weighted by Gasteiger charge is 1.98. The van der Waals surface area contributed by atoms with Crippen LogP contribution in [0.25, 0.3) is 0 Å². The molecule has 2 N–H and O–H groups in total. The molecular formula is C4H10INO. The van der Waals surface area contributed by atoms with Gasteiger partial charge < -0.3 is 8.80 Å². The van der Waals surface area contributed by atoms with Gasteiger partial charge in [0.05, 0.1) is 6.10 Å². The summed E-state index contributed by atoms with van der Waals surface area (Å²) in [4.78, 5) is 0. The van der Waals surface area contributed by atoms with E-state index in [-0.39, 0.29) is 6.10 Å². The Morgan fingerprint density at radius 3 is 2.43 bits per heavy atom. The first kappa shape index (κ1) is 7.65. The van der Waals surface area contributed by atoms with E-state index >= 15 is 0 Å². The molecule has 0 aliphatic carbocycles. The highest BCUT2D eigenvalue weighted by atomic mass is 127. The number of hydrogen-bond acceptors (Lipinski definition) is 2. The van der Waals surface area contributed by atoms with Gasteiger partial charge in [0, 0.05) is 6.54 Å². The Morgan fingerprint density at radius 2 is 2.43 bits per heavy atom. The van der Waals surface area contributed by atoms with Gasteiger partial charge in [0.2, 0.25) is 0 Å². The predicted molar refractivity (Wildman–Crippen MR) is 38.2 cm³/mol. The van der Waals surface area contributed by atoms with Crippen molar-refractivity contribution in [3.63, 3.8) is 0 Å². The van der Waals surface area contributed by atoms with Crippen molar-refractivity contribution in [1.82, 2.24) is 0 Å². The van der Waals surface area contributed by atoms with E-state index in [1.165, 1.54) is 0 Å². The SMILES string of the molecule is CCC(CN)OI. The van der Waals surface area contributed by atoms with Gasteiger partial charge in [0.15, 0.2) is 0 Å². The van der Waals surface area contributed by atoms with E-state index in [1.54, 1.807) is 0 Å². The van der Waals surface area contributed by atoms with Crippen molar-refractivity contribution in [2.45, 2.75) is 19.4 Å². The van der Waals surface area contributed by atoms with Gasteiger partial charge in [0.1, 0.15) is 23.0 Å². The fourth-order valence-electron chi connectivity index (χ4n) is 0.266. The maximum Gasteiger partial charge on any atom is 0.110 e. The van der Waals surface area contributed by atoms with Crippen molar-refractivity contribution in [2.24, 2.45) is 5.73 Å². The number of hydrogen-bond donors (Lipinski definition) is 1. The van der Waals surface area contributed by atoms with Crippen molar-refractivity contribution in [1.29, 1.82) is 0 Å². The van der Waals surface area contributed by atoms with E-state index in [9.17, 15) is 0 Å². The maximum atomic E-state index is 5.26. The zero-order chi connectivity index (χ0) is 5.70. The summed E-state index contributed by atoms with van der Waals surface area (Å²) >= 11 is 1.87. The van der Waals surface area contributed by atoms with Gasteiger partial charge in [-0.1, -0.05) is 6.92 Å². The standard InChI is InChI=1S/C4H10INO/c1-2-4(3-6)7-5/h4H,2-3,6H2,1H3. The molecule has 0 saturated carbocycles. The van der Waals surface area contributed by atoms with Gasteiger partial charge in [-0.25, -0.2) is 0 Å². The molecule has 0 rings (SSSR count). The van der Waals surface area contributed by atoms with Crippen molar-refractivity contribution >= 4 is 23.0 Å². The molecule has 0 bridgehead atoms. The highest BCUT2D eigenvalue weighted by molar-refractivity contribution is 14.1. The molecule has 0 aromatic rings. The second-order valence-corrected chi connectivity index (χ2v) is 1.86. The molecule has 44 valence electrons. The van der Waals surface area contributed by atoms with Crippen LogP contribution in [0.4, 0.5) is 0 Å². The second kappa shape index (κ2) is 4.80. The zero-order valence-corrected chi connectivity index (χ0v) is 6.51. The van der Waals surface area contributed by atoms with Crippen LogP contribution in [0.3, 0.4) is 0 Å². The molecule has 7 heavy (non-hydrogen) atoms. The van der Waals surface area contributed by atoms with E-state index in [2.05, 4.69) is 6.92 Å². The molecule has 0 aliphatic heterocycles. The van der Waals surface area contributed by atoms with Crippen LogP contribution < -0.4 is 5.73 Å². The van der Waals surface area contributed by atoms with Gasteiger partial charge in [-0.3, -0.25) is 0 Å². The lowest BCUT2D eigenvalue weighted by Gasteiger charge is -2.04. The molecule has 0 aromatic heterocycles. The lowest BCUT2D eigenvalue weighted by molar-refractivity contribution is 0.284. The van der Waals surface area contributed by atoms with Crippen molar-refractivity contribution in [3.8, 4) is 0 Å². The maximum absolute atomic E-state index is 5.26. The molecular weight excluding hydrogens is 205 g/mol. The normalized spacial score (nSPS) is 14.1. The minimum absolute atomic E-state index is 0.251. The summed E-state index contributed by atoms with van der Waals surface area (Å²) in [5, 5.41) is 0. The van der Waals surface area contributed by atoms with Crippen LogP contribution in [-0.2, 0) is 3.07 Å². The van der Waals surface area contributed by atoms with Gasteiger partial charge in [-0.05, 0) is 6.42 Å². The Balaban J connectivity index is 2.99. The topological polar surface area (TPSA) is 35.2 Å². The Bertz CT molecular complexity index is 33.2. The lowest BCUT2D eigenvalue weighted by atomic mass is 10.3. The smallest absolute Gasteiger partial charge is 0.110 e. The summed E-state index contributed by atoms with van der Waals surface area (Å²) < 4.78 is 4.89. The Morgan fingerprint density at radius 1 is 1.86 bits per heavy atom. The molecule has 0 radical (unpaired) electrons. The van der Waals surface area contributed by atoms with Crippen LogP contribution in [0.1, 0.15) is 13.3 Å². The monoisotopic (exact) mass is 215 g/mol. The van der Waals surface area contributed by atoms with Gasteiger partial charge >= 0.3 is 0 Å². The van der Waals surface area contributed by atoms with Crippen LogP contribution in [0, 0.1) is 0 Å². The molecule has 0 spiro atoms. The Labute approximate surface area is 58.1 Å². The van der Waals surface area contributed by atoms with E-state index in [1.807, 2.05) is 23.0 Å². The summed E-state index contributed by atoms with van der Waals surface area (Å²) in [6, 6.07) is 0. The highest BCUT2D eigenvalue weighted by Crippen LogP contribution is 1.99. The van der Waals surface area contributed by atoms with E-state index in [0.717, 1.165) is 6.42 Å². The quantitative estimate of drug-likeness (QED) is 0.715. The Kier molecular flexibility index (Phi) is 5.25. The van der Waals surface area contributed by atoms with Gasteiger partial charge in [-0.2, -0.15) is 0 Å². The fourth-order valence-corrected chi connectivity index (χ4v) is 0.833. The molecule has 0 aliphatic rings. The predicted octanol–water partition coefficient (Wildman–Crippen LogP) is 1.09. The van der Waals surface area contributed by atoms with Crippen LogP contribution >= 0.6 is 23.0 Å². The molecule has 0 heterocycles. The van der Waals surface area contributed by atoms with Gasteiger partial charge in [0.25, 0.3) is 0 Å². The van der Waals surface area contributed by atoms with Crippen LogP contribution in [0.2, 0.25) is 0 Å². The van der Waals surface area contributed by atoms with Crippen molar-refractivity contribution in [3.05, 3.63) is 0 Å². The average molecular weight is 215 g/mol. The van der Waals surface area contributed by atoms with Crippen molar-refractivity contribution < 1.29 is 3.07 Å². The van der Waals surface area contributed by atoms with Crippen LogP contribution in [0.5, 0.6) is 0 Å². The molecule has 0 aromatic carbocycles. The van der Waals surface area contributed by atoms with E-state index in [0.29, 0.717) is 6.54 Å². The second-order valence-electron chi connectivity index (χ2n) is 1.36. The van der Waals surface area contributed by atoms with Gasteiger partial charge in [-0.15, -0.1) is 0 Å². The number of rotatable bonds is 3. The first-order valence-corrected chi connectivity index (χ1v) is 3.20. The average Bonchev–Trinajstić information content (AvgIpc) is 1.72. The van der Waals surface area contributed by atoms with E-state index in [4.69, 9.17) is 8.80 Å². The first-order valence-electron chi connectivity index (χ1n) is 2.32. The minimum Gasteiger partial charge on any atom is -0.328 e. The third-order valence-electron chi connectivity index (χ3n) is 0.844. The molecule has 0 saturated heterocycles. The molecule has 2 nitrogen and oxygen atoms in total. The molecule has 3 heteroatoms. The number of nitrogens with two attached hydrogens (primary N) is 1. The third-order valence-corrected chi connectivity index (χ3v) is 1.56. The van der Waals surface area contributed by atoms with Crippen LogP contribution in [-0.4, -0.2) is 12.6 Å². The summed E-state index contributed by atoms with van der Waals surface area (Å²) in [6.07, 6.45) is 1.25. The zero-order valence-electron chi connectivity index (χ0n) is 4.36. The molecule has 1 atom stereocenters. The molecule has 0 amide bonds. The van der Waals surface area contributed by atoms with Crippen molar-refractivity contribution in [2.75, 3.05) is 6.54 Å². The third kappa shape index (κ3) is 3.25. The van der Waals surface area contributed by atoms with Crippen LogP contribution in [0.15, 0.2) is 0 Å². The first-order chi connectivity index (χ1) is 3.35. The number of halogens is 1. The summed E-state index contributed by atoms with van der Waals surface area (Å²) in [5.74, 6) is 0.